The van der Waals surface area contributed by atoms with Gasteiger partial charge in [0, 0.05) is 20.9 Å². The van der Waals surface area contributed by atoms with Crippen molar-refractivity contribution < 1.29 is 9.90 Å². The average Bonchev–Trinajstić information content (AvgIpc) is 2.78. The van der Waals surface area contributed by atoms with Gasteiger partial charge in [-0.15, -0.1) is 0 Å². The summed E-state index contributed by atoms with van der Waals surface area (Å²) in [6, 6.07) is 20.0. The number of Topliss-reactive ketones (excluding diaryl/α,β-unsaturated/α-hetero) is 1. The lowest BCUT2D eigenvalue weighted by molar-refractivity contribution is 0.0976. The zero-order valence-corrected chi connectivity index (χ0v) is 21.3. The van der Waals surface area contributed by atoms with E-state index in [2.05, 4.69) is 57.0 Å². The molecule has 4 aromatic rings. The molecule has 0 fully saturated rings. The van der Waals surface area contributed by atoms with Gasteiger partial charge in [-0.3, -0.25) is 4.79 Å². The van der Waals surface area contributed by atoms with Gasteiger partial charge in [0.05, 0.1) is 5.56 Å². The Morgan fingerprint density at radius 2 is 1.50 bits per heavy atom. The van der Waals surface area contributed by atoms with Crippen molar-refractivity contribution in [2.45, 2.75) is 45.4 Å². The Morgan fingerprint density at radius 1 is 0.812 bits per heavy atom. The topological polar surface area (TPSA) is 37.3 Å². The first-order valence-electron chi connectivity index (χ1n) is 11.2. The van der Waals surface area contributed by atoms with E-state index in [0.717, 1.165) is 60.9 Å². The number of fused-ring (bicyclic) bond motifs is 2. The zero-order valence-electron chi connectivity index (χ0n) is 18.1. The van der Waals surface area contributed by atoms with Crippen LogP contribution in [0, 0.1) is 0 Å². The van der Waals surface area contributed by atoms with E-state index in [9.17, 15) is 9.90 Å². The Labute approximate surface area is 205 Å². The zero-order chi connectivity index (χ0) is 22.7. The molecular formula is C28H26Br2O2. The van der Waals surface area contributed by atoms with Crippen LogP contribution in [0.3, 0.4) is 0 Å². The third kappa shape index (κ3) is 4.77. The smallest absolute Gasteiger partial charge is 0.166 e. The van der Waals surface area contributed by atoms with Crippen LogP contribution in [-0.2, 0) is 0 Å². The number of hydrogen-bond donors (Lipinski definition) is 1. The highest BCUT2D eigenvalue weighted by atomic mass is 79.9. The molecule has 4 heteroatoms. The van der Waals surface area contributed by atoms with Gasteiger partial charge in [0.25, 0.3) is 0 Å². The molecule has 0 saturated carbocycles. The minimum atomic E-state index is 0.00473. The molecule has 0 unspecified atom stereocenters. The number of halogens is 2. The highest BCUT2D eigenvalue weighted by Crippen LogP contribution is 2.43. The van der Waals surface area contributed by atoms with E-state index < -0.39 is 0 Å². The lowest BCUT2D eigenvalue weighted by Crippen LogP contribution is -2.01. The number of phenols is 1. The number of benzene rings is 4. The molecule has 1 N–H and O–H groups in total. The highest BCUT2D eigenvalue weighted by molar-refractivity contribution is 9.10. The molecule has 0 heterocycles. The quantitative estimate of drug-likeness (QED) is 0.174. The minimum absolute atomic E-state index is 0.00473. The molecule has 0 radical (unpaired) electrons. The molecule has 0 aliphatic carbocycles. The van der Waals surface area contributed by atoms with Gasteiger partial charge in [0.15, 0.2) is 5.78 Å². The SMILES string of the molecule is CCCCCCCC(=O)c1cc2cc(Br)ccc2c(-c2cccc3cc(Br)ccc23)c1O. The second-order valence-electron chi connectivity index (χ2n) is 8.27. The van der Waals surface area contributed by atoms with Crippen LogP contribution < -0.4 is 0 Å². The highest BCUT2D eigenvalue weighted by Gasteiger charge is 2.20. The summed E-state index contributed by atoms with van der Waals surface area (Å²) in [5, 5.41) is 15.4. The van der Waals surface area contributed by atoms with Crippen molar-refractivity contribution in [1.82, 2.24) is 0 Å². The number of hydrogen-bond acceptors (Lipinski definition) is 2. The second kappa shape index (κ2) is 10.2. The normalized spacial score (nSPS) is 11.3. The summed E-state index contributed by atoms with van der Waals surface area (Å²) >= 11 is 7.10. The van der Waals surface area contributed by atoms with E-state index in [-0.39, 0.29) is 11.5 Å². The van der Waals surface area contributed by atoms with E-state index >= 15 is 0 Å². The number of aromatic hydroxyl groups is 1. The van der Waals surface area contributed by atoms with Gasteiger partial charge in [-0.05, 0) is 63.9 Å². The molecule has 4 aromatic carbocycles. The average molecular weight is 554 g/mol. The summed E-state index contributed by atoms with van der Waals surface area (Å²) in [5.74, 6) is 0.0823. The molecule has 0 atom stereocenters. The largest absolute Gasteiger partial charge is 0.507 e. The Balaban J connectivity index is 1.86. The van der Waals surface area contributed by atoms with Gasteiger partial charge in [0.2, 0.25) is 0 Å². The van der Waals surface area contributed by atoms with E-state index in [4.69, 9.17) is 0 Å². The van der Waals surface area contributed by atoms with Crippen molar-refractivity contribution in [3.05, 3.63) is 75.2 Å². The van der Waals surface area contributed by atoms with Gasteiger partial charge < -0.3 is 5.11 Å². The summed E-state index contributed by atoms with van der Waals surface area (Å²) < 4.78 is 1.95. The predicted molar refractivity (Wildman–Crippen MR) is 142 cm³/mol. The summed E-state index contributed by atoms with van der Waals surface area (Å²) in [7, 11) is 0. The van der Waals surface area contributed by atoms with Crippen molar-refractivity contribution in [2.75, 3.05) is 0 Å². The van der Waals surface area contributed by atoms with E-state index in [0.29, 0.717) is 12.0 Å². The fourth-order valence-corrected chi connectivity index (χ4v) is 5.11. The maximum Gasteiger partial charge on any atom is 0.166 e. The van der Waals surface area contributed by atoms with E-state index in [1.54, 1.807) is 0 Å². The first kappa shape index (κ1) is 23.0. The molecule has 0 aliphatic heterocycles. The molecular weight excluding hydrogens is 528 g/mol. The molecule has 32 heavy (non-hydrogen) atoms. The van der Waals surface area contributed by atoms with Crippen molar-refractivity contribution in [1.29, 1.82) is 0 Å². The van der Waals surface area contributed by atoms with Gasteiger partial charge >= 0.3 is 0 Å². The first-order valence-corrected chi connectivity index (χ1v) is 12.7. The molecule has 0 aliphatic rings. The number of ketones is 1. The van der Waals surface area contributed by atoms with Crippen LogP contribution in [-0.4, -0.2) is 10.9 Å². The molecule has 0 bridgehead atoms. The maximum atomic E-state index is 13.1. The van der Waals surface area contributed by atoms with Crippen LogP contribution in [0.4, 0.5) is 0 Å². The fraction of sp³-hybridized carbons (Fsp3) is 0.250. The van der Waals surface area contributed by atoms with Gasteiger partial charge in [-0.2, -0.15) is 0 Å². The van der Waals surface area contributed by atoms with Gasteiger partial charge in [0.1, 0.15) is 5.75 Å². The van der Waals surface area contributed by atoms with Gasteiger partial charge in [-0.1, -0.05) is 94.8 Å². The van der Waals surface area contributed by atoms with Crippen LogP contribution in [0.1, 0.15) is 55.8 Å². The predicted octanol–water partition coefficient (Wildman–Crippen LogP) is 9.43. The Bertz CT molecular complexity index is 1290. The minimum Gasteiger partial charge on any atom is -0.507 e. The van der Waals surface area contributed by atoms with Crippen LogP contribution in [0.25, 0.3) is 32.7 Å². The third-order valence-corrected chi connectivity index (χ3v) is 6.98. The molecule has 4 rings (SSSR count). The number of carbonyl (C=O) groups excluding carboxylic acids is 1. The first-order chi connectivity index (χ1) is 15.5. The van der Waals surface area contributed by atoms with Crippen molar-refractivity contribution in [2.24, 2.45) is 0 Å². The molecule has 0 amide bonds. The summed E-state index contributed by atoms with van der Waals surface area (Å²) in [5.41, 5.74) is 2.06. The monoisotopic (exact) mass is 552 g/mol. The van der Waals surface area contributed by atoms with E-state index in [1.165, 1.54) is 12.8 Å². The second-order valence-corrected chi connectivity index (χ2v) is 10.1. The van der Waals surface area contributed by atoms with Crippen molar-refractivity contribution in [3.63, 3.8) is 0 Å². The lowest BCUT2D eigenvalue weighted by Gasteiger charge is -2.16. The molecule has 2 nitrogen and oxygen atoms in total. The molecule has 164 valence electrons. The van der Waals surface area contributed by atoms with Gasteiger partial charge in [-0.25, -0.2) is 0 Å². The molecule has 0 saturated heterocycles. The third-order valence-electron chi connectivity index (χ3n) is 5.99. The van der Waals surface area contributed by atoms with Crippen LogP contribution in [0.5, 0.6) is 5.75 Å². The van der Waals surface area contributed by atoms with Crippen LogP contribution in [0.2, 0.25) is 0 Å². The van der Waals surface area contributed by atoms with Crippen molar-refractivity contribution in [3.8, 4) is 16.9 Å². The van der Waals surface area contributed by atoms with Crippen LogP contribution >= 0.6 is 31.9 Å². The maximum absolute atomic E-state index is 13.1. The number of unbranched alkanes of at least 4 members (excludes halogenated alkanes) is 4. The summed E-state index contributed by atoms with van der Waals surface area (Å²) in [4.78, 5) is 13.1. The van der Waals surface area contributed by atoms with Crippen molar-refractivity contribution >= 4 is 59.2 Å². The summed E-state index contributed by atoms with van der Waals surface area (Å²) in [6.45, 7) is 2.18. The van der Waals surface area contributed by atoms with E-state index in [1.807, 2.05) is 42.5 Å². The standard InChI is InChI=1S/C28H26Br2O2/c1-2-3-4-5-6-10-26(31)25-17-19-16-21(30)12-14-23(19)27(28(25)32)24-9-7-8-18-15-20(29)11-13-22(18)24/h7-9,11-17,32H,2-6,10H2,1H3. The lowest BCUT2D eigenvalue weighted by atomic mass is 9.89. The number of rotatable bonds is 8. The van der Waals surface area contributed by atoms with Crippen LogP contribution in [0.15, 0.2) is 69.6 Å². The Kier molecular flexibility index (Phi) is 7.32. The summed E-state index contributed by atoms with van der Waals surface area (Å²) in [6.07, 6.45) is 5.89. The molecule has 0 spiro atoms. The Hall–Kier alpha value is -2.17. The Morgan fingerprint density at radius 3 is 2.25 bits per heavy atom. The number of carbonyl (C=O) groups is 1. The number of phenolic OH excluding ortho intramolecular Hbond substituents is 1. The molecule has 0 aromatic heterocycles. The fourth-order valence-electron chi connectivity index (χ4n) is 4.35.